The molecule has 0 unspecified atom stereocenters. The van der Waals surface area contributed by atoms with E-state index in [1.54, 1.807) is 18.3 Å². The zero-order chi connectivity index (χ0) is 13.8. The fourth-order valence-corrected chi connectivity index (χ4v) is 2.26. The molecular weight excluding hydrogens is 376 g/mol. The zero-order valence-electron chi connectivity index (χ0n) is 10.2. The number of ether oxygens (including phenoxy) is 1. The summed E-state index contributed by atoms with van der Waals surface area (Å²) in [6.07, 6.45) is 1.73. The van der Waals surface area contributed by atoms with Crippen molar-refractivity contribution in [1.82, 2.24) is 4.98 Å². The van der Waals surface area contributed by atoms with E-state index in [4.69, 9.17) is 4.74 Å². The van der Waals surface area contributed by atoms with Crippen molar-refractivity contribution in [3.8, 4) is 11.5 Å². The molecule has 1 aromatic heterocycles. The number of phenolic OH excluding ortho intramolecular Hbond substituents is 1. The first-order chi connectivity index (χ1) is 9.10. The number of pyridine rings is 1. The largest absolute Gasteiger partial charge is 0.504 e. The molecule has 2 aromatic rings. The third-order valence-corrected chi connectivity index (χ3v) is 3.74. The van der Waals surface area contributed by atoms with Crippen LogP contribution in [-0.4, -0.2) is 17.2 Å². The highest BCUT2D eigenvalue weighted by Gasteiger charge is 2.08. The fraction of sp³-hybridized carbons (Fsp3) is 0.154. The van der Waals surface area contributed by atoms with Gasteiger partial charge in [0.25, 0.3) is 0 Å². The number of anilines is 1. The Kier molecular flexibility index (Phi) is 4.66. The van der Waals surface area contributed by atoms with Crippen LogP contribution in [0.4, 0.5) is 5.82 Å². The highest BCUT2D eigenvalue weighted by Crippen LogP contribution is 2.32. The van der Waals surface area contributed by atoms with Crippen LogP contribution in [0.15, 0.2) is 39.4 Å². The van der Waals surface area contributed by atoms with Gasteiger partial charge in [0.1, 0.15) is 5.82 Å². The van der Waals surface area contributed by atoms with Crippen molar-refractivity contribution in [2.45, 2.75) is 6.54 Å². The van der Waals surface area contributed by atoms with Gasteiger partial charge >= 0.3 is 0 Å². The van der Waals surface area contributed by atoms with Crippen molar-refractivity contribution in [3.63, 3.8) is 0 Å². The molecule has 2 N–H and O–H groups in total. The minimum Gasteiger partial charge on any atom is -0.504 e. The van der Waals surface area contributed by atoms with Crippen LogP contribution in [-0.2, 0) is 6.54 Å². The number of phenols is 1. The quantitative estimate of drug-likeness (QED) is 0.834. The van der Waals surface area contributed by atoms with Gasteiger partial charge in [0, 0.05) is 21.7 Å². The van der Waals surface area contributed by atoms with E-state index in [0.717, 1.165) is 20.3 Å². The lowest BCUT2D eigenvalue weighted by atomic mass is 10.2. The number of nitrogens with zero attached hydrogens (tertiary/aromatic N) is 1. The second-order valence-electron chi connectivity index (χ2n) is 3.83. The van der Waals surface area contributed by atoms with Crippen LogP contribution in [0.25, 0.3) is 0 Å². The van der Waals surface area contributed by atoms with E-state index in [1.165, 1.54) is 7.11 Å². The van der Waals surface area contributed by atoms with Crippen LogP contribution in [0.5, 0.6) is 11.5 Å². The second-order valence-corrected chi connectivity index (χ2v) is 5.60. The maximum atomic E-state index is 9.64. The first kappa shape index (κ1) is 14.1. The summed E-state index contributed by atoms with van der Waals surface area (Å²) in [5.41, 5.74) is 0.972. The summed E-state index contributed by atoms with van der Waals surface area (Å²) in [7, 11) is 1.52. The fourth-order valence-electron chi connectivity index (χ4n) is 1.55. The molecule has 0 aliphatic rings. The van der Waals surface area contributed by atoms with Gasteiger partial charge < -0.3 is 15.2 Å². The Hall–Kier alpha value is -1.27. The number of rotatable bonds is 4. The Morgan fingerprint density at radius 2 is 2.11 bits per heavy atom. The van der Waals surface area contributed by atoms with Crippen LogP contribution in [0, 0.1) is 0 Å². The number of halogens is 2. The van der Waals surface area contributed by atoms with Gasteiger partial charge in [-0.05, 0) is 45.8 Å². The Morgan fingerprint density at radius 1 is 1.32 bits per heavy atom. The molecule has 0 saturated carbocycles. The molecule has 2 rings (SSSR count). The zero-order valence-corrected chi connectivity index (χ0v) is 13.3. The Morgan fingerprint density at radius 3 is 2.74 bits per heavy atom. The number of aromatic nitrogens is 1. The van der Waals surface area contributed by atoms with Gasteiger partial charge in [0.15, 0.2) is 11.5 Å². The van der Waals surface area contributed by atoms with Gasteiger partial charge in [-0.1, -0.05) is 15.9 Å². The summed E-state index contributed by atoms with van der Waals surface area (Å²) < 4.78 is 6.84. The number of hydrogen-bond donors (Lipinski definition) is 2. The number of aromatic hydroxyl groups is 1. The molecule has 4 nitrogen and oxygen atoms in total. The van der Waals surface area contributed by atoms with E-state index in [9.17, 15) is 5.11 Å². The number of nitrogens with one attached hydrogen (secondary N) is 1. The Balaban J connectivity index is 2.13. The predicted octanol–water partition coefficient (Wildman–Crippen LogP) is 3.93. The molecule has 1 aromatic carbocycles. The van der Waals surface area contributed by atoms with Crippen LogP contribution >= 0.6 is 31.9 Å². The number of hydrogen-bond acceptors (Lipinski definition) is 4. The number of methoxy groups -OCH3 is 1. The van der Waals surface area contributed by atoms with E-state index >= 15 is 0 Å². The van der Waals surface area contributed by atoms with Gasteiger partial charge in [-0.25, -0.2) is 4.98 Å². The topological polar surface area (TPSA) is 54.4 Å². The molecule has 0 fully saturated rings. The molecule has 0 spiro atoms. The standard InChI is InChI=1S/C13H12Br2N2O2/c1-19-12-4-8(10(15)5-11(12)18)6-16-13-3-2-9(14)7-17-13/h2-5,7,18H,6H2,1H3,(H,16,17). The van der Waals surface area contributed by atoms with Crippen molar-refractivity contribution >= 4 is 37.7 Å². The molecule has 0 aliphatic heterocycles. The first-order valence-electron chi connectivity index (χ1n) is 5.51. The third kappa shape index (κ3) is 3.61. The van der Waals surface area contributed by atoms with Gasteiger partial charge in [0.2, 0.25) is 0 Å². The molecule has 1 heterocycles. The van der Waals surface area contributed by atoms with Gasteiger partial charge in [-0.15, -0.1) is 0 Å². The van der Waals surface area contributed by atoms with Crippen molar-refractivity contribution in [3.05, 3.63) is 45.0 Å². The lowest BCUT2D eigenvalue weighted by Gasteiger charge is -2.10. The van der Waals surface area contributed by atoms with E-state index in [0.29, 0.717) is 12.3 Å². The Labute approximate surface area is 128 Å². The van der Waals surface area contributed by atoms with Gasteiger partial charge in [-0.3, -0.25) is 0 Å². The molecule has 6 heteroatoms. The monoisotopic (exact) mass is 386 g/mol. The normalized spacial score (nSPS) is 10.3. The molecule has 0 aliphatic carbocycles. The smallest absolute Gasteiger partial charge is 0.160 e. The summed E-state index contributed by atoms with van der Waals surface area (Å²) in [6.45, 7) is 0.575. The summed E-state index contributed by atoms with van der Waals surface area (Å²) in [4.78, 5) is 4.23. The lowest BCUT2D eigenvalue weighted by Crippen LogP contribution is -2.02. The molecule has 19 heavy (non-hydrogen) atoms. The van der Waals surface area contributed by atoms with E-state index in [1.807, 2.05) is 12.1 Å². The Bertz CT molecular complexity index is 574. The molecule has 100 valence electrons. The molecule has 0 amide bonds. The maximum absolute atomic E-state index is 9.64. The molecule has 0 saturated heterocycles. The van der Waals surface area contributed by atoms with E-state index < -0.39 is 0 Å². The summed E-state index contributed by atoms with van der Waals surface area (Å²) >= 11 is 6.75. The van der Waals surface area contributed by atoms with Crippen LogP contribution in [0.3, 0.4) is 0 Å². The van der Waals surface area contributed by atoms with Crippen LogP contribution in [0.2, 0.25) is 0 Å². The maximum Gasteiger partial charge on any atom is 0.160 e. The predicted molar refractivity (Wildman–Crippen MR) is 81.6 cm³/mol. The average Bonchev–Trinajstić information content (AvgIpc) is 2.40. The average molecular weight is 388 g/mol. The highest BCUT2D eigenvalue weighted by atomic mass is 79.9. The van der Waals surface area contributed by atoms with Crippen molar-refractivity contribution in [2.75, 3.05) is 12.4 Å². The summed E-state index contributed by atoms with van der Waals surface area (Å²) in [5, 5.41) is 12.8. The van der Waals surface area contributed by atoms with Crippen LogP contribution in [0.1, 0.15) is 5.56 Å². The lowest BCUT2D eigenvalue weighted by molar-refractivity contribution is 0.372. The molecule has 0 bridgehead atoms. The second kappa shape index (κ2) is 6.25. The highest BCUT2D eigenvalue weighted by molar-refractivity contribution is 9.10. The van der Waals surface area contributed by atoms with Crippen molar-refractivity contribution < 1.29 is 9.84 Å². The van der Waals surface area contributed by atoms with E-state index in [2.05, 4.69) is 42.2 Å². The first-order valence-corrected chi connectivity index (χ1v) is 7.09. The van der Waals surface area contributed by atoms with Gasteiger partial charge in [0.05, 0.1) is 7.11 Å². The van der Waals surface area contributed by atoms with Crippen molar-refractivity contribution in [1.29, 1.82) is 0 Å². The minimum absolute atomic E-state index is 0.111. The molecule has 0 atom stereocenters. The van der Waals surface area contributed by atoms with Crippen molar-refractivity contribution in [2.24, 2.45) is 0 Å². The molecular formula is C13H12Br2N2O2. The third-order valence-electron chi connectivity index (χ3n) is 2.54. The SMILES string of the molecule is COc1cc(CNc2ccc(Br)cn2)c(Br)cc1O. The molecule has 0 radical (unpaired) electrons. The summed E-state index contributed by atoms with van der Waals surface area (Å²) in [5.74, 6) is 1.34. The van der Waals surface area contributed by atoms with Crippen LogP contribution < -0.4 is 10.1 Å². The number of benzene rings is 1. The minimum atomic E-state index is 0.111. The van der Waals surface area contributed by atoms with E-state index in [-0.39, 0.29) is 5.75 Å². The van der Waals surface area contributed by atoms with Gasteiger partial charge in [-0.2, -0.15) is 0 Å². The summed E-state index contributed by atoms with van der Waals surface area (Å²) in [6, 6.07) is 7.20.